The third kappa shape index (κ3) is 3.48. The quantitative estimate of drug-likeness (QED) is 0.708. The van der Waals surface area contributed by atoms with E-state index in [4.69, 9.17) is 5.73 Å². The van der Waals surface area contributed by atoms with Crippen LogP contribution in [-0.2, 0) is 0 Å². The van der Waals surface area contributed by atoms with E-state index in [0.717, 1.165) is 24.4 Å². The fraction of sp³-hybridized carbons (Fsp3) is 0.696. The molecule has 3 nitrogen and oxygen atoms in total. The first-order valence-corrected chi connectivity index (χ1v) is 10.8. The molecule has 3 N–H and O–H groups in total. The number of carbonyl (C=O) groups is 1. The standard InChI is InChI=1S/C23H34N2O/c1-2-3-22(26)16-6-9-18-19-10-11-20(21(18)14-16)23(19)25-13-12-15-4-7-17(24)8-5-15/h6,9,14-15,17,19-20,23,25H,2-5,7-8,10-13,24H2,1H3. The third-order valence-electron chi connectivity index (χ3n) is 7.16. The first-order chi connectivity index (χ1) is 12.7. The Morgan fingerprint density at radius 2 is 1.81 bits per heavy atom. The van der Waals surface area contributed by atoms with Crippen LogP contribution in [0.5, 0.6) is 0 Å². The van der Waals surface area contributed by atoms with Gasteiger partial charge in [0.2, 0.25) is 0 Å². The van der Waals surface area contributed by atoms with Gasteiger partial charge in [-0.05, 0) is 81.0 Å². The van der Waals surface area contributed by atoms with Crippen molar-refractivity contribution >= 4 is 5.78 Å². The molecule has 0 aromatic heterocycles. The van der Waals surface area contributed by atoms with Gasteiger partial charge in [0.1, 0.15) is 0 Å². The summed E-state index contributed by atoms with van der Waals surface area (Å²) in [4.78, 5) is 12.3. The van der Waals surface area contributed by atoms with Crippen LogP contribution < -0.4 is 11.1 Å². The van der Waals surface area contributed by atoms with Crippen LogP contribution >= 0.6 is 0 Å². The minimum atomic E-state index is 0.304. The van der Waals surface area contributed by atoms with Crippen molar-refractivity contribution in [2.75, 3.05) is 6.54 Å². The highest BCUT2D eigenvalue weighted by molar-refractivity contribution is 5.96. The summed E-state index contributed by atoms with van der Waals surface area (Å²) in [7, 11) is 0. The maximum absolute atomic E-state index is 12.3. The van der Waals surface area contributed by atoms with Gasteiger partial charge in [0.05, 0.1) is 0 Å². The normalized spacial score (nSPS) is 32.6. The molecular weight excluding hydrogens is 320 g/mol. The first-order valence-electron chi connectivity index (χ1n) is 10.8. The van der Waals surface area contributed by atoms with Crippen LogP contribution in [0.3, 0.4) is 0 Å². The van der Waals surface area contributed by atoms with Crippen LogP contribution in [0, 0.1) is 5.92 Å². The van der Waals surface area contributed by atoms with E-state index in [9.17, 15) is 4.79 Å². The minimum absolute atomic E-state index is 0.304. The number of fused-ring (bicyclic) bond motifs is 5. The van der Waals surface area contributed by atoms with Crippen molar-refractivity contribution in [3.63, 3.8) is 0 Å². The van der Waals surface area contributed by atoms with Gasteiger partial charge in [0.25, 0.3) is 0 Å². The van der Waals surface area contributed by atoms with Crippen molar-refractivity contribution in [2.45, 2.75) is 88.6 Å². The summed E-state index contributed by atoms with van der Waals surface area (Å²) in [6.45, 7) is 3.21. The highest BCUT2D eigenvalue weighted by atomic mass is 16.1. The number of rotatable bonds is 7. The molecule has 0 saturated heterocycles. The summed E-state index contributed by atoms with van der Waals surface area (Å²) in [5.41, 5.74) is 9.93. The predicted octanol–water partition coefficient (Wildman–Crippen LogP) is 4.51. The summed E-state index contributed by atoms with van der Waals surface area (Å²) in [6.07, 6.45) is 10.5. The van der Waals surface area contributed by atoms with Gasteiger partial charge in [0.15, 0.2) is 5.78 Å². The zero-order chi connectivity index (χ0) is 18.1. The van der Waals surface area contributed by atoms with E-state index in [0.29, 0.717) is 36.1 Å². The Morgan fingerprint density at radius 3 is 2.54 bits per heavy atom. The van der Waals surface area contributed by atoms with Crippen LogP contribution in [0.25, 0.3) is 0 Å². The molecule has 2 bridgehead atoms. The van der Waals surface area contributed by atoms with Crippen molar-refractivity contribution in [2.24, 2.45) is 11.7 Å². The molecule has 3 unspecified atom stereocenters. The van der Waals surface area contributed by atoms with Gasteiger partial charge in [-0.1, -0.05) is 19.1 Å². The lowest BCUT2D eigenvalue weighted by Crippen LogP contribution is -2.34. The number of nitrogens with two attached hydrogens (primary N) is 1. The van der Waals surface area contributed by atoms with E-state index in [1.807, 2.05) is 0 Å². The molecular formula is C23H34N2O. The number of Topliss-reactive ketones (excluding diaryl/α,β-unsaturated/α-hetero) is 1. The van der Waals surface area contributed by atoms with Crippen LogP contribution in [0.2, 0.25) is 0 Å². The number of hydrogen-bond acceptors (Lipinski definition) is 3. The molecule has 0 spiro atoms. The summed E-state index contributed by atoms with van der Waals surface area (Å²) in [6, 6.07) is 7.57. The summed E-state index contributed by atoms with van der Waals surface area (Å²) < 4.78 is 0. The molecule has 1 aromatic rings. The topological polar surface area (TPSA) is 55.1 Å². The maximum atomic E-state index is 12.3. The van der Waals surface area contributed by atoms with E-state index in [1.54, 1.807) is 0 Å². The van der Waals surface area contributed by atoms with Crippen LogP contribution in [0.1, 0.15) is 98.0 Å². The zero-order valence-corrected chi connectivity index (χ0v) is 16.2. The third-order valence-corrected chi connectivity index (χ3v) is 7.16. The van der Waals surface area contributed by atoms with Crippen molar-refractivity contribution < 1.29 is 4.79 Å². The van der Waals surface area contributed by atoms with Crippen molar-refractivity contribution in [3.05, 3.63) is 34.9 Å². The Morgan fingerprint density at radius 1 is 1.08 bits per heavy atom. The summed E-state index contributed by atoms with van der Waals surface area (Å²) in [5.74, 6) is 2.44. The monoisotopic (exact) mass is 354 g/mol. The smallest absolute Gasteiger partial charge is 0.162 e. The largest absolute Gasteiger partial charge is 0.328 e. The lowest BCUT2D eigenvalue weighted by molar-refractivity contribution is 0.0981. The molecule has 3 atom stereocenters. The van der Waals surface area contributed by atoms with Gasteiger partial charge in [0, 0.05) is 35.9 Å². The van der Waals surface area contributed by atoms with Gasteiger partial charge in [-0.2, -0.15) is 0 Å². The lowest BCUT2D eigenvalue weighted by atomic mass is 9.84. The SMILES string of the molecule is CCCC(=O)c1ccc2c(c1)C1CCC2C1NCCC1CCC(N)CC1. The first kappa shape index (κ1) is 18.2. The summed E-state index contributed by atoms with van der Waals surface area (Å²) in [5, 5.41) is 3.91. The van der Waals surface area contributed by atoms with Crippen molar-refractivity contribution in [1.29, 1.82) is 0 Å². The molecule has 1 aromatic carbocycles. The Kier molecular flexibility index (Phi) is 5.47. The average Bonchev–Trinajstić information content (AvgIpc) is 3.19. The van der Waals surface area contributed by atoms with Crippen molar-refractivity contribution in [3.8, 4) is 0 Å². The molecule has 2 fully saturated rings. The highest BCUT2D eigenvalue weighted by Crippen LogP contribution is 2.53. The summed E-state index contributed by atoms with van der Waals surface area (Å²) >= 11 is 0. The van der Waals surface area contributed by atoms with E-state index >= 15 is 0 Å². The number of carbonyl (C=O) groups excluding carboxylic acids is 1. The van der Waals surface area contributed by atoms with E-state index < -0.39 is 0 Å². The molecule has 3 aliphatic carbocycles. The van der Waals surface area contributed by atoms with E-state index in [2.05, 4.69) is 30.4 Å². The van der Waals surface area contributed by atoms with Crippen LogP contribution in [0.15, 0.2) is 18.2 Å². The zero-order valence-electron chi connectivity index (χ0n) is 16.2. The number of hydrogen-bond donors (Lipinski definition) is 2. The van der Waals surface area contributed by atoms with Gasteiger partial charge in [-0.15, -0.1) is 0 Å². The second kappa shape index (κ2) is 7.82. The fourth-order valence-electron chi connectivity index (χ4n) is 5.69. The predicted molar refractivity (Wildman–Crippen MR) is 107 cm³/mol. The lowest BCUT2D eigenvalue weighted by Gasteiger charge is -2.27. The Balaban J connectivity index is 1.36. The highest BCUT2D eigenvalue weighted by Gasteiger charge is 2.45. The number of benzene rings is 1. The van der Waals surface area contributed by atoms with Gasteiger partial charge < -0.3 is 11.1 Å². The second-order valence-corrected chi connectivity index (χ2v) is 8.86. The Hall–Kier alpha value is -1.19. The molecule has 0 radical (unpaired) electrons. The average molecular weight is 355 g/mol. The molecule has 0 heterocycles. The van der Waals surface area contributed by atoms with E-state index in [1.165, 1.54) is 56.1 Å². The molecule has 4 rings (SSSR count). The molecule has 3 aliphatic rings. The Bertz CT molecular complexity index is 648. The molecule has 26 heavy (non-hydrogen) atoms. The van der Waals surface area contributed by atoms with Gasteiger partial charge in [-0.25, -0.2) is 0 Å². The van der Waals surface area contributed by atoms with E-state index in [-0.39, 0.29) is 0 Å². The molecule has 2 saturated carbocycles. The Labute approximate surface area is 158 Å². The van der Waals surface area contributed by atoms with Crippen LogP contribution in [-0.4, -0.2) is 24.4 Å². The molecule has 142 valence electrons. The van der Waals surface area contributed by atoms with Gasteiger partial charge >= 0.3 is 0 Å². The van der Waals surface area contributed by atoms with Crippen LogP contribution in [0.4, 0.5) is 0 Å². The fourth-order valence-corrected chi connectivity index (χ4v) is 5.69. The maximum Gasteiger partial charge on any atom is 0.162 e. The second-order valence-electron chi connectivity index (χ2n) is 8.86. The van der Waals surface area contributed by atoms with Gasteiger partial charge in [-0.3, -0.25) is 4.79 Å². The minimum Gasteiger partial charge on any atom is -0.328 e. The van der Waals surface area contributed by atoms with Crippen molar-refractivity contribution in [1.82, 2.24) is 5.32 Å². The number of ketones is 1. The molecule has 3 heteroatoms. The molecule has 0 amide bonds. The molecule has 0 aliphatic heterocycles. The number of nitrogens with one attached hydrogen (secondary N) is 1.